The summed E-state index contributed by atoms with van der Waals surface area (Å²) in [4.78, 5) is 23.5. The Morgan fingerprint density at radius 3 is 2.25 bits per heavy atom. The van der Waals surface area contributed by atoms with Crippen molar-refractivity contribution >= 4 is 11.7 Å². The minimum absolute atomic E-state index is 0.0988. The van der Waals surface area contributed by atoms with Gasteiger partial charge in [-0.05, 0) is 24.3 Å². The molecule has 0 spiro atoms. The summed E-state index contributed by atoms with van der Waals surface area (Å²) in [7, 11) is 0. The number of carbonyl (C=O) groups is 2. The molecule has 0 aromatic heterocycles. The highest BCUT2D eigenvalue weighted by Gasteiger charge is 2.24. The van der Waals surface area contributed by atoms with Gasteiger partial charge in [0.2, 0.25) is 5.91 Å². The molecule has 0 bridgehead atoms. The SMILES string of the molecule is CC(C)C[C@H](CC(=O)[C@@H](N)Cc1ccccc1)C(N)=O. The summed E-state index contributed by atoms with van der Waals surface area (Å²) in [5.74, 6) is -0.604. The second-order valence-electron chi connectivity index (χ2n) is 5.70. The largest absolute Gasteiger partial charge is 0.369 e. The van der Waals surface area contributed by atoms with E-state index in [-0.39, 0.29) is 12.2 Å². The molecule has 1 rings (SSSR count). The van der Waals surface area contributed by atoms with Crippen LogP contribution in [0.4, 0.5) is 0 Å². The number of carbonyl (C=O) groups excluding carboxylic acids is 2. The molecule has 20 heavy (non-hydrogen) atoms. The van der Waals surface area contributed by atoms with Crippen LogP contribution in [0.3, 0.4) is 0 Å². The quantitative estimate of drug-likeness (QED) is 0.757. The molecule has 0 fully saturated rings. The molecule has 0 unspecified atom stereocenters. The number of benzene rings is 1. The van der Waals surface area contributed by atoms with Gasteiger partial charge in [0.05, 0.1) is 6.04 Å². The van der Waals surface area contributed by atoms with Crippen molar-refractivity contribution in [1.82, 2.24) is 0 Å². The van der Waals surface area contributed by atoms with E-state index in [1.54, 1.807) is 0 Å². The van der Waals surface area contributed by atoms with E-state index in [1.807, 2.05) is 44.2 Å². The fourth-order valence-electron chi connectivity index (χ4n) is 2.25. The van der Waals surface area contributed by atoms with Crippen LogP contribution in [0.25, 0.3) is 0 Å². The lowest BCUT2D eigenvalue weighted by Gasteiger charge is -2.17. The number of primary amides is 1. The van der Waals surface area contributed by atoms with Crippen LogP contribution in [-0.4, -0.2) is 17.7 Å². The molecule has 0 aliphatic carbocycles. The highest BCUT2D eigenvalue weighted by atomic mass is 16.1. The maximum absolute atomic E-state index is 12.1. The van der Waals surface area contributed by atoms with Crippen LogP contribution in [0.5, 0.6) is 0 Å². The highest BCUT2D eigenvalue weighted by molar-refractivity contribution is 5.89. The van der Waals surface area contributed by atoms with Gasteiger partial charge in [-0.3, -0.25) is 9.59 Å². The maximum atomic E-state index is 12.1. The highest BCUT2D eigenvalue weighted by Crippen LogP contribution is 2.17. The van der Waals surface area contributed by atoms with Gasteiger partial charge in [0.1, 0.15) is 0 Å². The summed E-state index contributed by atoms with van der Waals surface area (Å²) in [6.45, 7) is 4.01. The molecule has 4 N–H and O–H groups in total. The minimum Gasteiger partial charge on any atom is -0.369 e. The van der Waals surface area contributed by atoms with Crippen molar-refractivity contribution < 1.29 is 9.59 Å². The summed E-state index contributed by atoms with van der Waals surface area (Å²) >= 11 is 0. The first-order valence-electron chi connectivity index (χ1n) is 7.01. The first-order chi connectivity index (χ1) is 9.40. The van der Waals surface area contributed by atoms with Gasteiger partial charge in [0.15, 0.2) is 5.78 Å². The van der Waals surface area contributed by atoms with Crippen LogP contribution in [0.1, 0.15) is 32.3 Å². The Kier molecular flexibility index (Phi) is 6.39. The number of nitrogens with two attached hydrogens (primary N) is 2. The third-order valence-corrected chi connectivity index (χ3v) is 3.32. The predicted molar refractivity (Wildman–Crippen MR) is 79.9 cm³/mol. The van der Waals surface area contributed by atoms with Gasteiger partial charge in [0, 0.05) is 12.3 Å². The molecule has 0 aliphatic heterocycles. The van der Waals surface area contributed by atoms with Crippen LogP contribution < -0.4 is 11.5 Å². The van der Waals surface area contributed by atoms with E-state index in [0.717, 1.165) is 5.56 Å². The Morgan fingerprint density at radius 1 is 1.15 bits per heavy atom. The second-order valence-corrected chi connectivity index (χ2v) is 5.70. The van der Waals surface area contributed by atoms with Crippen LogP contribution in [-0.2, 0) is 16.0 Å². The van der Waals surface area contributed by atoms with Crippen molar-refractivity contribution in [2.75, 3.05) is 0 Å². The molecule has 0 saturated carbocycles. The molecule has 110 valence electrons. The lowest BCUT2D eigenvalue weighted by Crippen LogP contribution is -2.36. The van der Waals surface area contributed by atoms with Gasteiger partial charge in [0.25, 0.3) is 0 Å². The van der Waals surface area contributed by atoms with Crippen LogP contribution in [0.2, 0.25) is 0 Å². The van der Waals surface area contributed by atoms with Crippen molar-refractivity contribution in [3.63, 3.8) is 0 Å². The molecule has 0 radical (unpaired) electrons. The number of ketones is 1. The Morgan fingerprint density at radius 2 is 1.75 bits per heavy atom. The van der Waals surface area contributed by atoms with E-state index in [4.69, 9.17) is 11.5 Å². The molecule has 1 aromatic rings. The molecule has 0 saturated heterocycles. The molecule has 1 aromatic carbocycles. The van der Waals surface area contributed by atoms with E-state index in [1.165, 1.54) is 0 Å². The zero-order chi connectivity index (χ0) is 15.1. The molecule has 4 nitrogen and oxygen atoms in total. The lowest BCUT2D eigenvalue weighted by atomic mass is 9.89. The summed E-state index contributed by atoms with van der Waals surface area (Å²) in [5.41, 5.74) is 12.3. The monoisotopic (exact) mass is 276 g/mol. The van der Waals surface area contributed by atoms with Crippen LogP contribution >= 0.6 is 0 Å². The molecule has 0 aliphatic rings. The van der Waals surface area contributed by atoms with E-state index in [2.05, 4.69) is 0 Å². The average molecular weight is 276 g/mol. The van der Waals surface area contributed by atoms with E-state index in [0.29, 0.717) is 18.8 Å². The molecule has 4 heteroatoms. The fraction of sp³-hybridized carbons (Fsp3) is 0.500. The zero-order valence-electron chi connectivity index (χ0n) is 12.2. The number of amides is 1. The Balaban J connectivity index is 2.57. The first-order valence-corrected chi connectivity index (χ1v) is 7.01. The molecular weight excluding hydrogens is 252 g/mol. The van der Waals surface area contributed by atoms with E-state index in [9.17, 15) is 9.59 Å². The van der Waals surface area contributed by atoms with Crippen molar-refractivity contribution in [1.29, 1.82) is 0 Å². The average Bonchev–Trinajstić information content (AvgIpc) is 2.38. The Hall–Kier alpha value is -1.68. The van der Waals surface area contributed by atoms with Gasteiger partial charge in [-0.2, -0.15) is 0 Å². The second kappa shape index (κ2) is 7.80. The van der Waals surface area contributed by atoms with Gasteiger partial charge < -0.3 is 11.5 Å². The summed E-state index contributed by atoms with van der Waals surface area (Å²) in [6.07, 6.45) is 1.26. The van der Waals surface area contributed by atoms with Gasteiger partial charge in [-0.1, -0.05) is 44.2 Å². The predicted octanol–water partition coefficient (Wildman–Crippen LogP) is 1.66. The molecule has 2 atom stereocenters. The van der Waals surface area contributed by atoms with Crippen molar-refractivity contribution in [3.8, 4) is 0 Å². The molecule has 1 amide bonds. The first kappa shape index (κ1) is 16.4. The normalized spacial score (nSPS) is 14.0. The van der Waals surface area contributed by atoms with Crippen LogP contribution in [0, 0.1) is 11.8 Å². The number of rotatable bonds is 8. The van der Waals surface area contributed by atoms with Gasteiger partial charge in [-0.25, -0.2) is 0 Å². The van der Waals surface area contributed by atoms with E-state index >= 15 is 0 Å². The van der Waals surface area contributed by atoms with Gasteiger partial charge in [-0.15, -0.1) is 0 Å². The van der Waals surface area contributed by atoms with E-state index < -0.39 is 17.9 Å². The Bertz CT molecular complexity index is 443. The van der Waals surface area contributed by atoms with Crippen molar-refractivity contribution in [2.24, 2.45) is 23.3 Å². The third-order valence-electron chi connectivity index (χ3n) is 3.32. The molecule has 0 heterocycles. The van der Waals surface area contributed by atoms with Crippen LogP contribution in [0.15, 0.2) is 30.3 Å². The number of hydrogen-bond acceptors (Lipinski definition) is 3. The third kappa shape index (κ3) is 5.53. The topological polar surface area (TPSA) is 86.2 Å². The number of hydrogen-bond donors (Lipinski definition) is 2. The molecular formula is C16H24N2O2. The lowest BCUT2D eigenvalue weighted by molar-refractivity contribution is -0.128. The zero-order valence-corrected chi connectivity index (χ0v) is 12.2. The fourth-order valence-corrected chi connectivity index (χ4v) is 2.25. The maximum Gasteiger partial charge on any atom is 0.220 e. The minimum atomic E-state index is -0.577. The summed E-state index contributed by atoms with van der Waals surface area (Å²) in [6, 6.07) is 9.04. The van der Waals surface area contributed by atoms with Gasteiger partial charge >= 0.3 is 0 Å². The summed E-state index contributed by atoms with van der Waals surface area (Å²) < 4.78 is 0. The summed E-state index contributed by atoms with van der Waals surface area (Å²) in [5, 5.41) is 0. The smallest absolute Gasteiger partial charge is 0.220 e. The van der Waals surface area contributed by atoms with Crippen molar-refractivity contribution in [3.05, 3.63) is 35.9 Å². The standard InChI is InChI=1S/C16H24N2O2/c1-11(2)8-13(16(18)20)10-15(19)14(17)9-12-6-4-3-5-7-12/h3-7,11,13-14H,8-10,17H2,1-2H3,(H2,18,20)/t13-,14+/m1/s1. The number of Topliss-reactive ketones (excluding diaryl/α,β-unsaturated/α-hetero) is 1. The van der Waals surface area contributed by atoms with Crippen molar-refractivity contribution in [2.45, 2.75) is 39.2 Å². The Labute approximate surface area is 120 Å².